The highest BCUT2D eigenvalue weighted by atomic mass is 35.5. The Hall–Kier alpha value is -2.51. The Bertz CT molecular complexity index is 855. The zero-order chi connectivity index (χ0) is 19.4. The van der Waals surface area contributed by atoms with Gasteiger partial charge in [0.1, 0.15) is 5.75 Å². The Balaban J connectivity index is 1.56. The Labute approximate surface area is 165 Å². The fourth-order valence-corrected chi connectivity index (χ4v) is 3.70. The van der Waals surface area contributed by atoms with E-state index in [0.717, 1.165) is 16.7 Å². The first kappa shape index (κ1) is 19.3. The van der Waals surface area contributed by atoms with Crippen LogP contribution >= 0.6 is 23.4 Å². The SMILES string of the molecule is COc1ccc(NC(=O)CS[C@@H]2CC(=O)N(c3ccc(Cl)cc3)C2=O)cc1. The number of carbonyl (C=O) groups is 3. The van der Waals surface area contributed by atoms with Crippen molar-refractivity contribution < 1.29 is 19.1 Å². The lowest BCUT2D eigenvalue weighted by Crippen LogP contribution is -2.31. The summed E-state index contributed by atoms with van der Waals surface area (Å²) in [4.78, 5) is 38.0. The number of rotatable bonds is 6. The largest absolute Gasteiger partial charge is 0.497 e. The number of methoxy groups -OCH3 is 1. The van der Waals surface area contributed by atoms with E-state index in [1.54, 1.807) is 55.6 Å². The molecule has 1 heterocycles. The number of ether oxygens (including phenoxy) is 1. The van der Waals surface area contributed by atoms with E-state index < -0.39 is 5.25 Å². The van der Waals surface area contributed by atoms with Gasteiger partial charge >= 0.3 is 0 Å². The minimum Gasteiger partial charge on any atom is -0.497 e. The molecule has 1 atom stereocenters. The van der Waals surface area contributed by atoms with Crippen molar-refractivity contribution in [2.24, 2.45) is 0 Å². The molecule has 3 rings (SSSR count). The zero-order valence-electron chi connectivity index (χ0n) is 14.5. The number of nitrogens with zero attached hydrogens (tertiary/aromatic N) is 1. The van der Waals surface area contributed by atoms with Gasteiger partial charge in [0, 0.05) is 17.1 Å². The van der Waals surface area contributed by atoms with Crippen LogP contribution in [0.5, 0.6) is 5.75 Å². The van der Waals surface area contributed by atoms with Crippen molar-refractivity contribution in [2.45, 2.75) is 11.7 Å². The molecule has 1 saturated heterocycles. The van der Waals surface area contributed by atoms with Crippen molar-refractivity contribution in [3.8, 4) is 5.75 Å². The Morgan fingerprint density at radius 3 is 2.48 bits per heavy atom. The van der Waals surface area contributed by atoms with Crippen LogP contribution in [0.3, 0.4) is 0 Å². The maximum Gasteiger partial charge on any atom is 0.247 e. The van der Waals surface area contributed by atoms with Gasteiger partial charge in [-0.1, -0.05) is 11.6 Å². The summed E-state index contributed by atoms with van der Waals surface area (Å²) in [5.74, 6) is -0.0699. The second-order valence-electron chi connectivity index (χ2n) is 5.82. The van der Waals surface area contributed by atoms with Gasteiger partial charge < -0.3 is 10.1 Å². The van der Waals surface area contributed by atoms with Gasteiger partial charge in [0.25, 0.3) is 0 Å². The van der Waals surface area contributed by atoms with Crippen LogP contribution in [0.25, 0.3) is 0 Å². The fourth-order valence-electron chi connectivity index (χ4n) is 2.64. The molecule has 0 saturated carbocycles. The molecule has 0 radical (unpaired) electrons. The normalized spacial score (nSPS) is 16.5. The number of imide groups is 1. The van der Waals surface area contributed by atoms with Crippen LogP contribution in [0.15, 0.2) is 48.5 Å². The van der Waals surface area contributed by atoms with Crippen LogP contribution in [0.4, 0.5) is 11.4 Å². The van der Waals surface area contributed by atoms with Crippen molar-refractivity contribution >= 4 is 52.5 Å². The van der Waals surface area contributed by atoms with Gasteiger partial charge in [0.2, 0.25) is 17.7 Å². The van der Waals surface area contributed by atoms with E-state index in [2.05, 4.69) is 5.32 Å². The third-order valence-corrected chi connectivity index (χ3v) is 5.43. The van der Waals surface area contributed by atoms with E-state index in [9.17, 15) is 14.4 Å². The van der Waals surface area contributed by atoms with Crippen LogP contribution in [0.2, 0.25) is 5.02 Å². The molecule has 1 aliphatic heterocycles. The molecule has 2 aromatic rings. The van der Waals surface area contributed by atoms with E-state index in [1.807, 2.05) is 0 Å². The smallest absolute Gasteiger partial charge is 0.247 e. The lowest BCUT2D eigenvalue weighted by Gasteiger charge is -2.15. The number of hydrogen-bond acceptors (Lipinski definition) is 5. The lowest BCUT2D eigenvalue weighted by molar-refractivity contribution is -0.121. The number of nitrogens with one attached hydrogen (secondary N) is 1. The number of amides is 3. The highest BCUT2D eigenvalue weighted by molar-refractivity contribution is 8.01. The molecule has 27 heavy (non-hydrogen) atoms. The highest BCUT2D eigenvalue weighted by Crippen LogP contribution is 2.30. The molecule has 8 heteroatoms. The maximum absolute atomic E-state index is 12.5. The van der Waals surface area contributed by atoms with Crippen molar-refractivity contribution in [3.05, 3.63) is 53.6 Å². The van der Waals surface area contributed by atoms with E-state index in [1.165, 1.54) is 0 Å². The molecule has 0 aromatic heterocycles. The minimum absolute atomic E-state index is 0.0714. The Morgan fingerprint density at radius 1 is 1.19 bits per heavy atom. The molecule has 2 aromatic carbocycles. The number of carbonyl (C=O) groups excluding carboxylic acids is 3. The zero-order valence-corrected chi connectivity index (χ0v) is 16.0. The summed E-state index contributed by atoms with van der Waals surface area (Å²) in [5.41, 5.74) is 1.12. The second kappa shape index (κ2) is 8.45. The molecule has 1 N–H and O–H groups in total. The number of thioether (sulfide) groups is 1. The summed E-state index contributed by atoms with van der Waals surface area (Å²) >= 11 is 7.00. The lowest BCUT2D eigenvalue weighted by atomic mass is 10.3. The first-order chi connectivity index (χ1) is 13.0. The van der Waals surface area contributed by atoms with E-state index in [4.69, 9.17) is 16.3 Å². The van der Waals surface area contributed by atoms with E-state index in [-0.39, 0.29) is 29.9 Å². The third kappa shape index (κ3) is 4.61. The van der Waals surface area contributed by atoms with Gasteiger partial charge in [-0.25, -0.2) is 4.90 Å². The Kier molecular flexibility index (Phi) is 6.03. The van der Waals surface area contributed by atoms with Gasteiger partial charge in [-0.05, 0) is 48.5 Å². The summed E-state index contributed by atoms with van der Waals surface area (Å²) < 4.78 is 5.07. The van der Waals surface area contributed by atoms with Gasteiger partial charge in [-0.2, -0.15) is 0 Å². The van der Waals surface area contributed by atoms with Crippen LogP contribution in [0, 0.1) is 0 Å². The topological polar surface area (TPSA) is 75.7 Å². The third-order valence-electron chi connectivity index (χ3n) is 3.98. The van der Waals surface area contributed by atoms with Crippen molar-refractivity contribution in [2.75, 3.05) is 23.1 Å². The van der Waals surface area contributed by atoms with Crippen LogP contribution in [-0.2, 0) is 14.4 Å². The predicted molar refractivity (Wildman–Crippen MR) is 106 cm³/mol. The van der Waals surface area contributed by atoms with Gasteiger partial charge in [0.05, 0.1) is 23.8 Å². The minimum atomic E-state index is -0.574. The van der Waals surface area contributed by atoms with E-state index in [0.29, 0.717) is 22.1 Å². The van der Waals surface area contributed by atoms with Crippen LogP contribution in [0.1, 0.15) is 6.42 Å². The summed E-state index contributed by atoms with van der Waals surface area (Å²) in [7, 11) is 1.57. The first-order valence-corrected chi connectivity index (χ1v) is 9.58. The van der Waals surface area contributed by atoms with Crippen molar-refractivity contribution in [1.82, 2.24) is 0 Å². The van der Waals surface area contributed by atoms with Crippen LogP contribution < -0.4 is 15.0 Å². The molecule has 3 amide bonds. The molecular formula is C19H17ClN2O4S. The highest BCUT2D eigenvalue weighted by Gasteiger charge is 2.40. The molecule has 1 aliphatic rings. The molecule has 140 valence electrons. The standard InChI is InChI=1S/C19H17ClN2O4S/c1-26-15-8-4-13(5-9-15)21-17(23)11-27-16-10-18(24)22(19(16)25)14-6-2-12(20)3-7-14/h2-9,16H,10-11H2,1H3,(H,21,23)/t16-/m1/s1. The van der Waals surface area contributed by atoms with Gasteiger partial charge in [0.15, 0.2) is 0 Å². The van der Waals surface area contributed by atoms with Gasteiger partial charge in [-0.3, -0.25) is 14.4 Å². The molecule has 0 bridgehead atoms. The average Bonchev–Trinajstić information content (AvgIpc) is 2.95. The molecule has 1 fully saturated rings. The fraction of sp³-hybridized carbons (Fsp3) is 0.211. The summed E-state index contributed by atoms with van der Waals surface area (Å²) in [6, 6.07) is 13.4. The summed E-state index contributed by atoms with van der Waals surface area (Å²) in [6.07, 6.45) is 0.0714. The number of anilines is 2. The molecule has 0 unspecified atom stereocenters. The second-order valence-corrected chi connectivity index (χ2v) is 7.45. The maximum atomic E-state index is 12.5. The summed E-state index contributed by atoms with van der Waals surface area (Å²) in [6.45, 7) is 0. The number of halogens is 1. The summed E-state index contributed by atoms with van der Waals surface area (Å²) in [5, 5.41) is 2.71. The average molecular weight is 405 g/mol. The quantitative estimate of drug-likeness (QED) is 0.747. The molecular weight excluding hydrogens is 388 g/mol. The van der Waals surface area contributed by atoms with Crippen LogP contribution in [-0.4, -0.2) is 35.8 Å². The van der Waals surface area contributed by atoms with Crippen molar-refractivity contribution in [1.29, 1.82) is 0 Å². The molecule has 0 aliphatic carbocycles. The predicted octanol–water partition coefficient (Wildman–Crippen LogP) is 3.35. The van der Waals surface area contributed by atoms with Crippen molar-refractivity contribution in [3.63, 3.8) is 0 Å². The molecule has 0 spiro atoms. The van der Waals surface area contributed by atoms with E-state index >= 15 is 0 Å². The monoisotopic (exact) mass is 404 g/mol. The molecule has 6 nitrogen and oxygen atoms in total. The number of hydrogen-bond donors (Lipinski definition) is 1. The van der Waals surface area contributed by atoms with Gasteiger partial charge in [-0.15, -0.1) is 11.8 Å². The first-order valence-electron chi connectivity index (χ1n) is 8.16. The number of benzene rings is 2. The Morgan fingerprint density at radius 2 is 1.85 bits per heavy atom.